The van der Waals surface area contributed by atoms with E-state index in [4.69, 9.17) is 0 Å². The SMILES string of the molecule is CC(NC(=O)c1cc(-c2ccncc2)n[nH]1)C1=CCCCC1. The van der Waals surface area contributed by atoms with Gasteiger partial charge in [0, 0.05) is 24.0 Å². The van der Waals surface area contributed by atoms with Crippen molar-refractivity contribution in [1.82, 2.24) is 20.5 Å². The van der Waals surface area contributed by atoms with E-state index >= 15 is 0 Å². The van der Waals surface area contributed by atoms with Crippen LogP contribution in [-0.2, 0) is 0 Å². The van der Waals surface area contributed by atoms with Crippen molar-refractivity contribution in [2.75, 3.05) is 0 Å². The molecule has 1 atom stereocenters. The fourth-order valence-electron chi connectivity index (χ4n) is 2.73. The summed E-state index contributed by atoms with van der Waals surface area (Å²) in [7, 11) is 0. The van der Waals surface area contributed by atoms with E-state index in [9.17, 15) is 4.79 Å². The van der Waals surface area contributed by atoms with Gasteiger partial charge in [-0.05, 0) is 50.8 Å². The first-order valence-corrected chi connectivity index (χ1v) is 7.69. The molecule has 0 bridgehead atoms. The molecule has 2 heterocycles. The van der Waals surface area contributed by atoms with E-state index in [2.05, 4.69) is 26.6 Å². The lowest BCUT2D eigenvalue weighted by Gasteiger charge is -2.20. The number of aromatic nitrogens is 3. The summed E-state index contributed by atoms with van der Waals surface area (Å²) in [5.74, 6) is -0.119. The molecule has 2 N–H and O–H groups in total. The van der Waals surface area contributed by atoms with Gasteiger partial charge in [-0.2, -0.15) is 5.10 Å². The van der Waals surface area contributed by atoms with Gasteiger partial charge in [0.15, 0.2) is 0 Å². The van der Waals surface area contributed by atoms with Crippen molar-refractivity contribution >= 4 is 5.91 Å². The van der Waals surface area contributed by atoms with Gasteiger partial charge in [-0.1, -0.05) is 11.6 Å². The van der Waals surface area contributed by atoms with Crippen LogP contribution in [0.3, 0.4) is 0 Å². The van der Waals surface area contributed by atoms with Crippen LogP contribution in [0.5, 0.6) is 0 Å². The summed E-state index contributed by atoms with van der Waals surface area (Å²) in [5, 5.41) is 10.0. The first-order chi connectivity index (χ1) is 10.7. The van der Waals surface area contributed by atoms with E-state index in [0.717, 1.165) is 24.1 Å². The van der Waals surface area contributed by atoms with Crippen LogP contribution in [0.2, 0.25) is 0 Å². The van der Waals surface area contributed by atoms with E-state index in [0.29, 0.717) is 5.69 Å². The maximum absolute atomic E-state index is 12.3. The molecule has 1 aliphatic carbocycles. The average molecular weight is 296 g/mol. The van der Waals surface area contributed by atoms with E-state index in [1.54, 1.807) is 18.5 Å². The van der Waals surface area contributed by atoms with Gasteiger partial charge in [0.25, 0.3) is 5.91 Å². The fourth-order valence-corrected chi connectivity index (χ4v) is 2.73. The largest absolute Gasteiger partial charge is 0.345 e. The maximum atomic E-state index is 12.3. The number of aromatic amines is 1. The van der Waals surface area contributed by atoms with Gasteiger partial charge in [0.1, 0.15) is 5.69 Å². The minimum atomic E-state index is -0.119. The van der Waals surface area contributed by atoms with Gasteiger partial charge < -0.3 is 5.32 Å². The Bertz CT molecular complexity index is 675. The molecule has 2 aromatic heterocycles. The number of carbonyl (C=O) groups excluding carboxylic acids is 1. The van der Waals surface area contributed by atoms with Crippen molar-refractivity contribution in [1.29, 1.82) is 0 Å². The molecule has 1 amide bonds. The highest BCUT2D eigenvalue weighted by Crippen LogP contribution is 2.21. The predicted molar refractivity (Wildman–Crippen MR) is 85.3 cm³/mol. The quantitative estimate of drug-likeness (QED) is 0.852. The molecule has 0 fully saturated rings. The first-order valence-electron chi connectivity index (χ1n) is 7.69. The van der Waals surface area contributed by atoms with E-state index in [1.807, 2.05) is 19.1 Å². The van der Waals surface area contributed by atoms with Gasteiger partial charge >= 0.3 is 0 Å². The van der Waals surface area contributed by atoms with Crippen molar-refractivity contribution in [3.05, 3.63) is 47.9 Å². The molecule has 114 valence electrons. The van der Waals surface area contributed by atoms with Crippen molar-refractivity contribution in [3.63, 3.8) is 0 Å². The lowest BCUT2D eigenvalue weighted by molar-refractivity contribution is 0.0939. The Morgan fingerprint density at radius 3 is 2.86 bits per heavy atom. The molecule has 0 saturated carbocycles. The van der Waals surface area contributed by atoms with Crippen LogP contribution in [-0.4, -0.2) is 27.1 Å². The standard InChI is InChI=1S/C17H20N4O/c1-12(13-5-3-2-4-6-13)19-17(22)16-11-15(20-21-16)14-7-9-18-10-8-14/h5,7-12H,2-4,6H2,1H3,(H,19,22)(H,20,21). The van der Waals surface area contributed by atoms with E-state index < -0.39 is 0 Å². The van der Waals surface area contributed by atoms with Crippen LogP contribution >= 0.6 is 0 Å². The zero-order valence-electron chi connectivity index (χ0n) is 12.7. The zero-order valence-corrected chi connectivity index (χ0v) is 12.7. The average Bonchev–Trinajstić information content (AvgIpc) is 3.06. The molecular formula is C17H20N4O. The normalized spacial score (nSPS) is 16.0. The summed E-state index contributed by atoms with van der Waals surface area (Å²) in [6, 6.07) is 5.58. The second-order valence-corrected chi connectivity index (χ2v) is 5.62. The highest BCUT2D eigenvalue weighted by atomic mass is 16.2. The number of amides is 1. The lowest BCUT2D eigenvalue weighted by Crippen LogP contribution is -2.34. The van der Waals surface area contributed by atoms with Crippen LogP contribution in [0, 0.1) is 0 Å². The van der Waals surface area contributed by atoms with Gasteiger partial charge in [-0.3, -0.25) is 14.9 Å². The van der Waals surface area contributed by atoms with Crippen LogP contribution in [0.4, 0.5) is 0 Å². The highest BCUT2D eigenvalue weighted by molar-refractivity contribution is 5.93. The molecule has 0 radical (unpaired) electrons. The second kappa shape index (κ2) is 6.56. The highest BCUT2D eigenvalue weighted by Gasteiger charge is 2.17. The number of rotatable bonds is 4. The zero-order chi connectivity index (χ0) is 15.4. The lowest BCUT2D eigenvalue weighted by atomic mass is 9.95. The summed E-state index contributed by atoms with van der Waals surface area (Å²) in [4.78, 5) is 16.3. The molecule has 0 aliphatic heterocycles. The summed E-state index contributed by atoms with van der Waals surface area (Å²) in [5.41, 5.74) is 3.49. The smallest absolute Gasteiger partial charge is 0.269 e. The maximum Gasteiger partial charge on any atom is 0.269 e. The predicted octanol–water partition coefficient (Wildman–Crippen LogP) is 3.09. The van der Waals surface area contributed by atoms with Gasteiger partial charge in [0.2, 0.25) is 0 Å². The summed E-state index contributed by atoms with van der Waals surface area (Å²) in [6.07, 6.45) is 10.3. The molecule has 5 heteroatoms. The van der Waals surface area contributed by atoms with Crippen molar-refractivity contribution in [2.24, 2.45) is 0 Å². The number of allylic oxidation sites excluding steroid dienone is 1. The summed E-state index contributed by atoms with van der Waals surface area (Å²) < 4.78 is 0. The molecule has 1 unspecified atom stereocenters. The number of carbonyl (C=O) groups is 1. The van der Waals surface area contributed by atoms with Crippen LogP contribution in [0.25, 0.3) is 11.3 Å². The Kier molecular flexibility index (Phi) is 4.32. The third-order valence-electron chi connectivity index (χ3n) is 4.03. The second-order valence-electron chi connectivity index (χ2n) is 5.62. The summed E-state index contributed by atoms with van der Waals surface area (Å²) >= 11 is 0. The Labute approximate surface area is 129 Å². The Balaban J connectivity index is 1.68. The van der Waals surface area contributed by atoms with Crippen LogP contribution in [0.15, 0.2) is 42.2 Å². The van der Waals surface area contributed by atoms with Gasteiger partial charge in [-0.25, -0.2) is 0 Å². The molecule has 22 heavy (non-hydrogen) atoms. The third kappa shape index (κ3) is 3.24. The number of nitrogens with zero attached hydrogens (tertiary/aromatic N) is 2. The number of nitrogens with one attached hydrogen (secondary N) is 2. The minimum Gasteiger partial charge on any atom is -0.345 e. The molecular weight excluding hydrogens is 276 g/mol. The van der Waals surface area contributed by atoms with Crippen molar-refractivity contribution in [3.8, 4) is 11.3 Å². The first kappa shape index (κ1) is 14.5. The molecule has 0 aromatic carbocycles. The molecule has 0 spiro atoms. The van der Waals surface area contributed by atoms with Gasteiger partial charge in [0.05, 0.1) is 5.69 Å². The molecule has 0 saturated heterocycles. The van der Waals surface area contributed by atoms with Crippen molar-refractivity contribution < 1.29 is 4.79 Å². The fraction of sp³-hybridized carbons (Fsp3) is 0.353. The molecule has 5 nitrogen and oxygen atoms in total. The topological polar surface area (TPSA) is 70.7 Å². The van der Waals surface area contributed by atoms with E-state index in [1.165, 1.54) is 18.4 Å². The Hall–Kier alpha value is -2.43. The minimum absolute atomic E-state index is 0.0699. The number of pyridine rings is 1. The number of hydrogen-bond acceptors (Lipinski definition) is 3. The van der Waals surface area contributed by atoms with Crippen LogP contribution in [0.1, 0.15) is 43.1 Å². The molecule has 1 aliphatic rings. The monoisotopic (exact) mass is 296 g/mol. The Morgan fingerprint density at radius 1 is 1.32 bits per heavy atom. The van der Waals surface area contributed by atoms with Gasteiger partial charge in [-0.15, -0.1) is 0 Å². The number of H-pyrrole nitrogens is 1. The van der Waals surface area contributed by atoms with E-state index in [-0.39, 0.29) is 11.9 Å². The molecule has 2 aromatic rings. The van der Waals surface area contributed by atoms with Crippen molar-refractivity contribution in [2.45, 2.75) is 38.6 Å². The van der Waals surface area contributed by atoms with Crippen LogP contribution < -0.4 is 5.32 Å². The number of hydrogen-bond donors (Lipinski definition) is 2. The summed E-state index contributed by atoms with van der Waals surface area (Å²) in [6.45, 7) is 2.04. The molecule has 3 rings (SSSR count). The Morgan fingerprint density at radius 2 is 2.14 bits per heavy atom. The third-order valence-corrected chi connectivity index (χ3v) is 4.03.